The van der Waals surface area contributed by atoms with Gasteiger partial charge < -0.3 is 14.5 Å². The van der Waals surface area contributed by atoms with Gasteiger partial charge in [0.15, 0.2) is 0 Å². The van der Waals surface area contributed by atoms with Gasteiger partial charge in [-0.3, -0.25) is 0 Å². The fourth-order valence-corrected chi connectivity index (χ4v) is 1.52. The van der Waals surface area contributed by atoms with E-state index in [0.717, 1.165) is 12.8 Å². The molecule has 1 fully saturated rings. The van der Waals surface area contributed by atoms with Crippen LogP contribution in [0.4, 0.5) is 6.01 Å². The van der Waals surface area contributed by atoms with Crippen molar-refractivity contribution in [2.75, 3.05) is 12.4 Å². The lowest BCUT2D eigenvalue weighted by atomic mass is 9.89. The van der Waals surface area contributed by atoms with Crippen LogP contribution in [0, 0.1) is 0 Å². The zero-order valence-electron chi connectivity index (χ0n) is 7.86. The Morgan fingerprint density at radius 1 is 1.57 bits per heavy atom. The molecule has 78 valence electrons. The highest BCUT2D eigenvalue weighted by Gasteiger charge is 2.29. The molecule has 0 unspecified atom stereocenters. The molecule has 6 heteroatoms. The number of rotatable bonds is 4. The number of hydrogen-bond acceptors (Lipinski definition) is 5. The summed E-state index contributed by atoms with van der Waals surface area (Å²) >= 11 is 5.53. The van der Waals surface area contributed by atoms with E-state index in [1.807, 2.05) is 0 Å². The summed E-state index contributed by atoms with van der Waals surface area (Å²) in [6.45, 7) is 0. The van der Waals surface area contributed by atoms with E-state index in [9.17, 15) is 0 Å². The molecule has 2 rings (SSSR count). The summed E-state index contributed by atoms with van der Waals surface area (Å²) < 4.78 is 10.4. The van der Waals surface area contributed by atoms with Crippen molar-refractivity contribution in [1.29, 1.82) is 0 Å². The highest BCUT2D eigenvalue weighted by molar-refractivity contribution is 6.16. The van der Waals surface area contributed by atoms with E-state index in [0.29, 0.717) is 24.1 Å². The van der Waals surface area contributed by atoms with Crippen molar-refractivity contribution < 1.29 is 9.15 Å². The first-order valence-corrected chi connectivity index (χ1v) is 5.03. The van der Waals surface area contributed by atoms with Crippen LogP contribution in [0.3, 0.4) is 0 Å². The van der Waals surface area contributed by atoms with Crippen LogP contribution >= 0.6 is 11.6 Å². The standard InChI is InChI=1S/C8H12ClN3O2/c1-13-6-2-5(3-6)10-8-12-11-7(4-9)14-8/h5-6H,2-4H2,1H3,(H,10,12). The lowest BCUT2D eigenvalue weighted by molar-refractivity contribution is 0.0323. The summed E-state index contributed by atoms with van der Waals surface area (Å²) in [5.41, 5.74) is 0. The second-order valence-corrected chi connectivity index (χ2v) is 3.57. The second-order valence-electron chi connectivity index (χ2n) is 3.30. The van der Waals surface area contributed by atoms with Gasteiger partial charge in [0.2, 0.25) is 5.89 Å². The van der Waals surface area contributed by atoms with Crippen LogP contribution in [-0.4, -0.2) is 29.5 Å². The van der Waals surface area contributed by atoms with Crippen LogP contribution in [0.2, 0.25) is 0 Å². The number of methoxy groups -OCH3 is 1. The Morgan fingerprint density at radius 2 is 2.36 bits per heavy atom. The third kappa shape index (κ3) is 1.99. The molecule has 0 atom stereocenters. The second kappa shape index (κ2) is 4.14. The number of aromatic nitrogens is 2. The molecule has 1 saturated carbocycles. The van der Waals surface area contributed by atoms with Crippen LogP contribution in [0.15, 0.2) is 4.42 Å². The largest absolute Gasteiger partial charge is 0.407 e. The molecule has 0 radical (unpaired) electrons. The van der Waals surface area contributed by atoms with E-state index in [4.69, 9.17) is 20.8 Å². The summed E-state index contributed by atoms with van der Waals surface area (Å²) in [5.74, 6) is 0.692. The number of halogens is 1. The molecule has 1 aliphatic rings. The van der Waals surface area contributed by atoms with Crippen molar-refractivity contribution in [3.63, 3.8) is 0 Å². The molecule has 0 spiro atoms. The summed E-state index contributed by atoms with van der Waals surface area (Å²) in [7, 11) is 1.72. The van der Waals surface area contributed by atoms with Crippen LogP contribution in [0.5, 0.6) is 0 Å². The minimum absolute atomic E-state index is 0.250. The molecule has 0 aliphatic heterocycles. The Morgan fingerprint density at radius 3 is 2.93 bits per heavy atom. The third-order valence-electron chi connectivity index (χ3n) is 2.34. The summed E-state index contributed by atoms with van der Waals surface area (Å²) in [6.07, 6.45) is 2.33. The number of ether oxygens (including phenoxy) is 1. The molecule has 14 heavy (non-hydrogen) atoms. The van der Waals surface area contributed by atoms with E-state index < -0.39 is 0 Å². The fourth-order valence-electron chi connectivity index (χ4n) is 1.42. The first-order valence-electron chi connectivity index (χ1n) is 4.49. The zero-order valence-corrected chi connectivity index (χ0v) is 8.62. The fraction of sp³-hybridized carbons (Fsp3) is 0.750. The van der Waals surface area contributed by atoms with Crippen LogP contribution < -0.4 is 5.32 Å². The molecular formula is C8H12ClN3O2. The zero-order chi connectivity index (χ0) is 9.97. The minimum atomic E-state index is 0.250. The monoisotopic (exact) mass is 217 g/mol. The van der Waals surface area contributed by atoms with Crippen LogP contribution in [-0.2, 0) is 10.6 Å². The first-order chi connectivity index (χ1) is 6.81. The predicted octanol–water partition coefficient (Wildman–Crippen LogP) is 1.40. The molecule has 1 heterocycles. The van der Waals surface area contributed by atoms with Crippen molar-refractivity contribution in [3.05, 3.63) is 5.89 Å². The Bertz CT molecular complexity index is 299. The molecule has 1 aliphatic carbocycles. The van der Waals surface area contributed by atoms with E-state index >= 15 is 0 Å². The number of anilines is 1. The van der Waals surface area contributed by atoms with Gasteiger partial charge in [-0.2, -0.15) is 0 Å². The maximum Gasteiger partial charge on any atom is 0.315 e. The molecule has 1 aromatic rings. The number of alkyl halides is 1. The van der Waals surface area contributed by atoms with Crippen LogP contribution in [0.25, 0.3) is 0 Å². The Balaban J connectivity index is 1.81. The van der Waals surface area contributed by atoms with E-state index in [2.05, 4.69) is 15.5 Å². The molecule has 0 saturated heterocycles. The van der Waals surface area contributed by atoms with E-state index in [1.54, 1.807) is 7.11 Å². The lowest BCUT2D eigenvalue weighted by Crippen LogP contribution is -2.40. The van der Waals surface area contributed by atoms with Crippen molar-refractivity contribution in [2.45, 2.75) is 30.9 Å². The van der Waals surface area contributed by atoms with Gasteiger partial charge in [-0.15, -0.1) is 16.7 Å². The van der Waals surface area contributed by atoms with Crippen molar-refractivity contribution in [3.8, 4) is 0 Å². The van der Waals surface area contributed by atoms with Crippen molar-refractivity contribution in [1.82, 2.24) is 10.2 Å². The quantitative estimate of drug-likeness (QED) is 0.773. The highest BCUT2D eigenvalue weighted by Crippen LogP contribution is 2.25. The summed E-state index contributed by atoms with van der Waals surface area (Å²) in [6, 6.07) is 0.823. The van der Waals surface area contributed by atoms with Gasteiger partial charge in [-0.1, -0.05) is 5.10 Å². The molecule has 5 nitrogen and oxygen atoms in total. The van der Waals surface area contributed by atoms with Gasteiger partial charge in [-0.05, 0) is 12.8 Å². The number of nitrogens with one attached hydrogen (secondary N) is 1. The normalized spacial score (nSPS) is 25.9. The molecule has 0 bridgehead atoms. The van der Waals surface area contributed by atoms with Crippen molar-refractivity contribution in [2.24, 2.45) is 0 Å². The smallest absolute Gasteiger partial charge is 0.315 e. The number of nitrogens with zero attached hydrogens (tertiary/aromatic N) is 2. The Kier molecular flexibility index (Phi) is 2.88. The van der Waals surface area contributed by atoms with Gasteiger partial charge in [0, 0.05) is 13.2 Å². The maximum absolute atomic E-state index is 5.53. The van der Waals surface area contributed by atoms with Crippen LogP contribution in [0.1, 0.15) is 18.7 Å². The topological polar surface area (TPSA) is 60.2 Å². The SMILES string of the molecule is COC1CC(Nc2nnc(CCl)o2)C1. The van der Waals surface area contributed by atoms with Gasteiger partial charge >= 0.3 is 6.01 Å². The first kappa shape index (κ1) is 9.73. The molecule has 1 aromatic heterocycles. The molecular weight excluding hydrogens is 206 g/mol. The molecule has 0 aromatic carbocycles. The average molecular weight is 218 g/mol. The van der Waals surface area contributed by atoms with Gasteiger partial charge in [0.1, 0.15) is 5.88 Å². The number of hydrogen-bond donors (Lipinski definition) is 1. The molecule has 0 amide bonds. The van der Waals surface area contributed by atoms with Gasteiger partial charge in [-0.25, -0.2) is 0 Å². The Labute approximate surface area is 86.8 Å². The summed E-state index contributed by atoms with van der Waals surface area (Å²) in [5, 5.41) is 10.7. The van der Waals surface area contributed by atoms with E-state index in [1.165, 1.54) is 0 Å². The average Bonchev–Trinajstić information content (AvgIpc) is 2.58. The van der Waals surface area contributed by atoms with Gasteiger partial charge in [0.05, 0.1) is 6.10 Å². The maximum atomic E-state index is 5.53. The molecule has 1 N–H and O–H groups in total. The summed E-state index contributed by atoms with van der Waals surface area (Å²) in [4.78, 5) is 0. The van der Waals surface area contributed by atoms with E-state index in [-0.39, 0.29) is 5.88 Å². The third-order valence-corrected chi connectivity index (χ3v) is 2.57. The minimum Gasteiger partial charge on any atom is -0.407 e. The lowest BCUT2D eigenvalue weighted by Gasteiger charge is -2.33. The highest BCUT2D eigenvalue weighted by atomic mass is 35.5. The van der Waals surface area contributed by atoms with Crippen molar-refractivity contribution >= 4 is 17.6 Å². The predicted molar refractivity (Wildman–Crippen MR) is 51.3 cm³/mol. The van der Waals surface area contributed by atoms with Gasteiger partial charge in [0.25, 0.3) is 0 Å². The Hall–Kier alpha value is -0.810.